The molecule has 0 spiro atoms. The van der Waals surface area contributed by atoms with Crippen LogP contribution in [-0.4, -0.2) is 19.1 Å². The van der Waals surface area contributed by atoms with Gasteiger partial charge in [-0.3, -0.25) is 4.79 Å². The fraction of sp³-hybridized carbons (Fsp3) is 0.364. The number of carbonyl (C=O) groups excluding carboxylic acids is 1. The summed E-state index contributed by atoms with van der Waals surface area (Å²) in [6.45, 7) is 2.09. The third-order valence-corrected chi connectivity index (χ3v) is 2.06. The highest BCUT2D eigenvalue weighted by Gasteiger charge is 2.07. The van der Waals surface area contributed by atoms with E-state index >= 15 is 0 Å². The minimum atomic E-state index is -0.486. The van der Waals surface area contributed by atoms with Crippen LogP contribution in [0.3, 0.4) is 0 Å². The maximum Gasteiger partial charge on any atom is 0.236 e. The van der Waals surface area contributed by atoms with E-state index < -0.39 is 6.04 Å². The minimum absolute atomic E-state index is 0.166. The largest absolute Gasteiger partial charge is 0.496 e. The van der Waals surface area contributed by atoms with Gasteiger partial charge < -0.3 is 15.8 Å². The Morgan fingerprint density at radius 3 is 2.80 bits per heavy atom. The van der Waals surface area contributed by atoms with Crippen LogP contribution in [0.4, 0.5) is 0 Å². The average Bonchev–Trinajstić information content (AvgIpc) is 2.26. The van der Waals surface area contributed by atoms with Gasteiger partial charge in [0, 0.05) is 12.1 Å². The van der Waals surface area contributed by atoms with Crippen LogP contribution < -0.4 is 15.8 Å². The van der Waals surface area contributed by atoms with Crippen molar-refractivity contribution in [1.29, 1.82) is 0 Å². The zero-order chi connectivity index (χ0) is 11.3. The average molecular weight is 208 g/mol. The number of hydrogen-bond acceptors (Lipinski definition) is 3. The predicted molar refractivity (Wildman–Crippen MR) is 58.5 cm³/mol. The molecule has 0 aliphatic carbocycles. The van der Waals surface area contributed by atoms with E-state index in [-0.39, 0.29) is 5.91 Å². The molecule has 4 nitrogen and oxygen atoms in total. The number of nitrogens with two attached hydrogens (primary N) is 1. The number of benzene rings is 1. The predicted octanol–water partition coefficient (Wildman–Crippen LogP) is 0.659. The summed E-state index contributed by atoms with van der Waals surface area (Å²) >= 11 is 0. The molecule has 1 atom stereocenters. The summed E-state index contributed by atoms with van der Waals surface area (Å²) in [6, 6.07) is 7.05. The summed E-state index contributed by atoms with van der Waals surface area (Å²) in [5.74, 6) is 0.600. The first-order chi connectivity index (χ1) is 7.15. The molecule has 3 N–H and O–H groups in total. The van der Waals surface area contributed by atoms with Gasteiger partial charge in [0.25, 0.3) is 0 Å². The lowest BCUT2D eigenvalue weighted by molar-refractivity contribution is -0.122. The molecule has 0 saturated heterocycles. The van der Waals surface area contributed by atoms with Crippen molar-refractivity contribution in [1.82, 2.24) is 5.32 Å². The maximum atomic E-state index is 11.2. The van der Waals surface area contributed by atoms with Crippen LogP contribution in [-0.2, 0) is 11.3 Å². The molecular formula is C11H16N2O2. The van der Waals surface area contributed by atoms with Crippen molar-refractivity contribution < 1.29 is 9.53 Å². The number of amides is 1. The highest BCUT2D eigenvalue weighted by Crippen LogP contribution is 2.16. The van der Waals surface area contributed by atoms with Gasteiger partial charge in [-0.15, -0.1) is 0 Å². The lowest BCUT2D eigenvalue weighted by Gasteiger charge is -2.10. The van der Waals surface area contributed by atoms with E-state index in [1.54, 1.807) is 14.0 Å². The van der Waals surface area contributed by atoms with Gasteiger partial charge in [0.1, 0.15) is 5.75 Å². The van der Waals surface area contributed by atoms with Crippen molar-refractivity contribution in [3.8, 4) is 5.75 Å². The zero-order valence-electron chi connectivity index (χ0n) is 8.99. The summed E-state index contributed by atoms with van der Waals surface area (Å²) in [5.41, 5.74) is 6.37. The Hall–Kier alpha value is -1.55. The summed E-state index contributed by atoms with van der Waals surface area (Å²) in [4.78, 5) is 11.2. The molecule has 0 aliphatic rings. The topological polar surface area (TPSA) is 64.3 Å². The Morgan fingerprint density at radius 1 is 1.53 bits per heavy atom. The Labute approximate surface area is 89.4 Å². The first-order valence-corrected chi connectivity index (χ1v) is 4.80. The van der Waals surface area contributed by atoms with Crippen molar-refractivity contribution in [2.24, 2.45) is 5.73 Å². The van der Waals surface area contributed by atoms with Crippen molar-refractivity contribution in [2.75, 3.05) is 7.11 Å². The van der Waals surface area contributed by atoms with Crippen LogP contribution in [0.15, 0.2) is 24.3 Å². The van der Waals surface area contributed by atoms with Gasteiger partial charge in [-0.05, 0) is 13.0 Å². The molecule has 0 heterocycles. The lowest BCUT2D eigenvalue weighted by atomic mass is 10.2. The second-order valence-electron chi connectivity index (χ2n) is 3.32. The normalized spacial score (nSPS) is 11.9. The van der Waals surface area contributed by atoms with Crippen LogP contribution in [0.1, 0.15) is 12.5 Å². The van der Waals surface area contributed by atoms with E-state index in [0.29, 0.717) is 6.54 Å². The third kappa shape index (κ3) is 3.25. The van der Waals surface area contributed by atoms with E-state index in [1.807, 2.05) is 24.3 Å². The second kappa shape index (κ2) is 5.36. The number of nitrogens with one attached hydrogen (secondary N) is 1. The summed E-state index contributed by atoms with van der Waals surface area (Å²) < 4.78 is 5.16. The van der Waals surface area contributed by atoms with Crippen LogP contribution >= 0.6 is 0 Å². The number of hydrogen-bond donors (Lipinski definition) is 2. The Balaban J connectivity index is 2.61. The standard InChI is InChI=1S/C11H16N2O2/c1-8(12)11(14)13-7-9-5-3-4-6-10(9)15-2/h3-6,8H,7,12H2,1-2H3,(H,13,14)/t8-/m1/s1. The SMILES string of the molecule is COc1ccccc1CNC(=O)[C@@H](C)N. The van der Waals surface area contributed by atoms with Gasteiger partial charge in [0.2, 0.25) is 5.91 Å². The van der Waals surface area contributed by atoms with Gasteiger partial charge in [0.15, 0.2) is 0 Å². The van der Waals surface area contributed by atoms with Crippen LogP contribution in [0.5, 0.6) is 5.75 Å². The molecule has 1 aromatic rings. The molecule has 4 heteroatoms. The van der Waals surface area contributed by atoms with Crippen LogP contribution in [0, 0.1) is 0 Å². The Kier molecular flexibility index (Phi) is 4.12. The Bertz CT molecular complexity index is 337. The van der Waals surface area contributed by atoms with Crippen LogP contribution in [0.2, 0.25) is 0 Å². The maximum absolute atomic E-state index is 11.2. The molecule has 82 valence electrons. The van der Waals surface area contributed by atoms with E-state index in [4.69, 9.17) is 10.5 Å². The molecule has 0 bridgehead atoms. The quantitative estimate of drug-likeness (QED) is 0.764. The van der Waals surface area contributed by atoms with E-state index in [9.17, 15) is 4.79 Å². The van der Waals surface area contributed by atoms with Crippen molar-refractivity contribution >= 4 is 5.91 Å². The third-order valence-electron chi connectivity index (χ3n) is 2.06. The summed E-state index contributed by atoms with van der Waals surface area (Å²) in [6.07, 6.45) is 0. The van der Waals surface area contributed by atoms with E-state index in [0.717, 1.165) is 11.3 Å². The summed E-state index contributed by atoms with van der Waals surface area (Å²) in [5, 5.41) is 2.73. The smallest absolute Gasteiger partial charge is 0.236 e. The van der Waals surface area contributed by atoms with Gasteiger partial charge in [-0.1, -0.05) is 18.2 Å². The van der Waals surface area contributed by atoms with Gasteiger partial charge in [-0.25, -0.2) is 0 Å². The zero-order valence-corrected chi connectivity index (χ0v) is 8.99. The van der Waals surface area contributed by atoms with Crippen molar-refractivity contribution in [3.63, 3.8) is 0 Å². The fourth-order valence-corrected chi connectivity index (χ4v) is 1.19. The first-order valence-electron chi connectivity index (χ1n) is 4.80. The van der Waals surface area contributed by atoms with Crippen LogP contribution in [0.25, 0.3) is 0 Å². The Morgan fingerprint density at radius 2 is 2.20 bits per heavy atom. The fourth-order valence-electron chi connectivity index (χ4n) is 1.19. The molecular weight excluding hydrogens is 192 g/mol. The number of para-hydroxylation sites is 1. The van der Waals surface area contributed by atoms with Gasteiger partial charge >= 0.3 is 0 Å². The van der Waals surface area contributed by atoms with Gasteiger partial charge in [-0.2, -0.15) is 0 Å². The highest BCUT2D eigenvalue weighted by molar-refractivity contribution is 5.80. The number of ether oxygens (including phenoxy) is 1. The molecule has 0 saturated carbocycles. The molecule has 0 radical (unpaired) electrons. The van der Waals surface area contributed by atoms with E-state index in [1.165, 1.54) is 0 Å². The lowest BCUT2D eigenvalue weighted by Crippen LogP contribution is -2.37. The molecule has 0 aromatic heterocycles. The molecule has 1 aromatic carbocycles. The van der Waals surface area contributed by atoms with Gasteiger partial charge in [0.05, 0.1) is 13.2 Å². The first kappa shape index (κ1) is 11.5. The highest BCUT2D eigenvalue weighted by atomic mass is 16.5. The number of rotatable bonds is 4. The molecule has 0 unspecified atom stereocenters. The van der Waals surface area contributed by atoms with E-state index in [2.05, 4.69) is 5.32 Å². The number of carbonyl (C=O) groups is 1. The van der Waals surface area contributed by atoms with Crippen molar-refractivity contribution in [2.45, 2.75) is 19.5 Å². The van der Waals surface area contributed by atoms with Crippen molar-refractivity contribution in [3.05, 3.63) is 29.8 Å². The monoisotopic (exact) mass is 208 g/mol. The molecule has 0 fully saturated rings. The molecule has 1 rings (SSSR count). The molecule has 15 heavy (non-hydrogen) atoms. The molecule has 1 amide bonds. The molecule has 0 aliphatic heterocycles. The minimum Gasteiger partial charge on any atom is -0.496 e. The summed E-state index contributed by atoms with van der Waals surface area (Å²) in [7, 11) is 1.60. The second-order valence-corrected chi connectivity index (χ2v) is 3.32. The number of methoxy groups -OCH3 is 1.